The number of rotatable bonds is 3. The molecule has 1 aliphatic carbocycles. The zero-order valence-electron chi connectivity index (χ0n) is 8.71. The van der Waals surface area contributed by atoms with Crippen molar-refractivity contribution in [1.29, 1.82) is 0 Å². The van der Waals surface area contributed by atoms with Crippen molar-refractivity contribution < 1.29 is 0 Å². The first-order chi connectivity index (χ1) is 6.35. The smallest absolute Gasteiger partial charge is 0.0216 e. The van der Waals surface area contributed by atoms with Gasteiger partial charge in [0.15, 0.2) is 0 Å². The molecule has 3 unspecified atom stereocenters. The van der Waals surface area contributed by atoms with E-state index in [1.165, 1.54) is 38.8 Å². The van der Waals surface area contributed by atoms with Gasteiger partial charge in [0.25, 0.3) is 0 Å². The van der Waals surface area contributed by atoms with E-state index < -0.39 is 0 Å². The highest BCUT2D eigenvalue weighted by Gasteiger charge is 2.37. The summed E-state index contributed by atoms with van der Waals surface area (Å²) in [6.07, 6.45) is 5.64. The van der Waals surface area contributed by atoms with Gasteiger partial charge >= 0.3 is 0 Å². The molecule has 2 aliphatic rings. The van der Waals surface area contributed by atoms with Crippen molar-refractivity contribution in [3.63, 3.8) is 0 Å². The van der Waals surface area contributed by atoms with Crippen LogP contribution in [-0.4, -0.2) is 30.6 Å². The Hall–Kier alpha value is -0.0800. The van der Waals surface area contributed by atoms with E-state index in [1.807, 2.05) is 0 Å². The molecule has 1 saturated heterocycles. The minimum atomic E-state index is 0.658. The quantitative estimate of drug-likeness (QED) is 0.716. The van der Waals surface area contributed by atoms with Crippen LogP contribution in [-0.2, 0) is 0 Å². The highest BCUT2D eigenvalue weighted by atomic mass is 15.2. The van der Waals surface area contributed by atoms with Crippen molar-refractivity contribution >= 4 is 0 Å². The lowest BCUT2D eigenvalue weighted by Crippen LogP contribution is -2.39. The summed E-state index contributed by atoms with van der Waals surface area (Å²) in [7, 11) is 0. The van der Waals surface area contributed by atoms with Crippen LogP contribution in [0.1, 0.15) is 32.6 Å². The maximum absolute atomic E-state index is 5.77. The van der Waals surface area contributed by atoms with Crippen LogP contribution in [0.25, 0.3) is 0 Å². The summed E-state index contributed by atoms with van der Waals surface area (Å²) in [5.74, 6) is 2.03. The van der Waals surface area contributed by atoms with Gasteiger partial charge in [-0.3, -0.25) is 4.90 Å². The van der Waals surface area contributed by atoms with Gasteiger partial charge in [0, 0.05) is 25.7 Å². The number of likely N-dealkylation sites (tertiary alicyclic amines) is 1. The Morgan fingerprint density at radius 3 is 2.38 bits per heavy atom. The van der Waals surface area contributed by atoms with E-state index in [-0.39, 0.29) is 0 Å². The summed E-state index contributed by atoms with van der Waals surface area (Å²) in [4.78, 5) is 2.63. The molecule has 2 nitrogen and oxygen atoms in total. The molecule has 2 heteroatoms. The second-order valence-electron chi connectivity index (χ2n) is 4.70. The lowest BCUT2D eigenvalue weighted by Gasteiger charge is -2.26. The molecule has 76 valence electrons. The van der Waals surface area contributed by atoms with Gasteiger partial charge in [0.1, 0.15) is 0 Å². The largest absolute Gasteiger partial charge is 0.329 e. The van der Waals surface area contributed by atoms with E-state index >= 15 is 0 Å². The molecule has 0 amide bonds. The molecular weight excluding hydrogens is 160 g/mol. The van der Waals surface area contributed by atoms with Crippen LogP contribution in [0.2, 0.25) is 0 Å². The van der Waals surface area contributed by atoms with Crippen molar-refractivity contribution in [2.24, 2.45) is 17.6 Å². The Bertz CT molecular complexity index is 153. The van der Waals surface area contributed by atoms with Crippen LogP contribution in [0.5, 0.6) is 0 Å². The minimum absolute atomic E-state index is 0.658. The number of nitrogens with two attached hydrogens (primary N) is 1. The van der Waals surface area contributed by atoms with Crippen LogP contribution in [0.3, 0.4) is 0 Å². The van der Waals surface area contributed by atoms with E-state index in [0.717, 1.165) is 18.4 Å². The van der Waals surface area contributed by atoms with Crippen molar-refractivity contribution in [3.05, 3.63) is 0 Å². The fourth-order valence-corrected chi connectivity index (χ4v) is 3.14. The molecule has 1 heterocycles. The summed E-state index contributed by atoms with van der Waals surface area (Å²) in [6.45, 7) is 5.77. The molecule has 13 heavy (non-hydrogen) atoms. The molecule has 2 rings (SSSR count). The second kappa shape index (κ2) is 3.97. The van der Waals surface area contributed by atoms with E-state index in [1.54, 1.807) is 0 Å². The summed E-state index contributed by atoms with van der Waals surface area (Å²) in [5.41, 5.74) is 5.77. The SMILES string of the molecule is CCC(CN)N1CC2CCCC2C1. The van der Waals surface area contributed by atoms with Crippen LogP contribution in [0.4, 0.5) is 0 Å². The van der Waals surface area contributed by atoms with Crippen molar-refractivity contribution in [2.45, 2.75) is 38.6 Å². The van der Waals surface area contributed by atoms with Gasteiger partial charge in [-0.05, 0) is 31.1 Å². The van der Waals surface area contributed by atoms with Crippen LogP contribution >= 0.6 is 0 Å². The maximum Gasteiger partial charge on any atom is 0.0216 e. The van der Waals surface area contributed by atoms with Gasteiger partial charge in [-0.2, -0.15) is 0 Å². The van der Waals surface area contributed by atoms with Crippen LogP contribution < -0.4 is 5.73 Å². The second-order valence-corrected chi connectivity index (χ2v) is 4.70. The number of fused-ring (bicyclic) bond motifs is 1. The summed E-state index contributed by atoms with van der Waals surface area (Å²) < 4.78 is 0. The summed E-state index contributed by atoms with van der Waals surface area (Å²) in [6, 6.07) is 0.658. The van der Waals surface area contributed by atoms with Gasteiger partial charge < -0.3 is 5.73 Å². The third-order valence-electron chi connectivity index (χ3n) is 4.01. The molecule has 0 aromatic carbocycles. The fraction of sp³-hybridized carbons (Fsp3) is 1.00. The first-order valence-corrected chi connectivity index (χ1v) is 5.79. The highest BCUT2D eigenvalue weighted by Crippen LogP contribution is 2.38. The Morgan fingerprint density at radius 1 is 1.31 bits per heavy atom. The number of hydrogen-bond acceptors (Lipinski definition) is 2. The molecular formula is C11H22N2. The van der Waals surface area contributed by atoms with Gasteiger partial charge in [0.2, 0.25) is 0 Å². The van der Waals surface area contributed by atoms with Crippen molar-refractivity contribution in [1.82, 2.24) is 4.90 Å². The summed E-state index contributed by atoms with van der Waals surface area (Å²) in [5, 5.41) is 0. The lowest BCUT2D eigenvalue weighted by atomic mass is 10.0. The Morgan fingerprint density at radius 2 is 1.92 bits per heavy atom. The zero-order chi connectivity index (χ0) is 9.26. The lowest BCUT2D eigenvalue weighted by molar-refractivity contribution is 0.224. The van der Waals surface area contributed by atoms with Crippen molar-refractivity contribution in [2.75, 3.05) is 19.6 Å². The van der Waals surface area contributed by atoms with E-state index in [0.29, 0.717) is 6.04 Å². The van der Waals surface area contributed by atoms with E-state index in [2.05, 4.69) is 11.8 Å². The molecule has 0 radical (unpaired) electrons. The molecule has 2 N–H and O–H groups in total. The third kappa shape index (κ3) is 1.75. The molecule has 0 aromatic rings. The molecule has 3 atom stereocenters. The monoisotopic (exact) mass is 182 g/mol. The Balaban J connectivity index is 1.90. The molecule has 1 saturated carbocycles. The zero-order valence-corrected chi connectivity index (χ0v) is 8.71. The average molecular weight is 182 g/mol. The molecule has 2 fully saturated rings. The highest BCUT2D eigenvalue weighted by molar-refractivity contribution is 4.91. The fourth-order valence-electron chi connectivity index (χ4n) is 3.14. The average Bonchev–Trinajstić information content (AvgIpc) is 2.65. The maximum atomic E-state index is 5.77. The van der Waals surface area contributed by atoms with Gasteiger partial charge in [-0.15, -0.1) is 0 Å². The first kappa shape index (κ1) is 9.47. The van der Waals surface area contributed by atoms with E-state index in [9.17, 15) is 0 Å². The standard InChI is InChI=1S/C11H22N2/c1-2-11(6-12)13-7-9-4-3-5-10(9)8-13/h9-11H,2-8,12H2,1H3. The van der Waals surface area contributed by atoms with Crippen molar-refractivity contribution in [3.8, 4) is 0 Å². The predicted molar refractivity (Wildman–Crippen MR) is 55.5 cm³/mol. The summed E-state index contributed by atoms with van der Waals surface area (Å²) >= 11 is 0. The van der Waals surface area contributed by atoms with Gasteiger partial charge in [-0.25, -0.2) is 0 Å². The molecule has 0 bridgehead atoms. The number of nitrogens with zero attached hydrogens (tertiary/aromatic N) is 1. The first-order valence-electron chi connectivity index (χ1n) is 5.79. The predicted octanol–water partition coefficient (Wildman–Crippen LogP) is 1.46. The molecule has 0 aromatic heterocycles. The molecule has 1 aliphatic heterocycles. The Kier molecular flexibility index (Phi) is 2.89. The van der Waals surface area contributed by atoms with Crippen LogP contribution in [0.15, 0.2) is 0 Å². The van der Waals surface area contributed by atoms with Gasteiger partial charge in [-0.1, -0.05) is 13.3 Å². The molecule has 0 spiro atoms. The number of hydrogen-bond donors (Lipinski definition) is 1. The minimum Gasteiger partial charge on any atom is -0.329 e. The van der Waals surface area contributed by atoms with E-state index in [4.69, 9.17) is 5.73 Å². The van der Waals surface area contributed by atoms with Crippen LogP contribution in [0, 0.1) is 11.8 Å². The third-order valence-corrected chi connectivity index (χ3v) is 4.01. The normalized spacial score (nSPS) is 36.5. The van der Waals surface area contributed by atoms with Gasteiger partial charge in [0.05, 0.1) is 0 Å². The Labute approximate surface area is 81.5 Å². The topological polar surface area (TPSA) is 29.3 Å².